The van der Waals surface area contributed by atoms with Gasteiger partial charge in [-0.15, -0.1) is 0 Å². The highest BCUT2D eigenvalue weighted by Crippen LogP contribution is 2.31. The van der Waals surface area contributed by atoms with Gasteiger partial charge in [0.05, 0.1) is 19.3 Å². The van der Waals surface area contributed by atoms with E-state index in [-0.39, 0.29) is 11.9 Å². The molecule has 2 rings (SSSR count). The maximum Gasteiger partial charge on any atom is 0.165 e. The van der Waals surface area contributed by atoms with E-state index in [2.05, 4.69) is 13.0 Å². The van der Waals surface area contributed by atoms with Crippen LogP contribution in [-0.2, 0) is 4.74 Å². The van der Waals surface area contributed by atoms with Crippen LogP contribution in [0.2, 0.25) is 0 Å². The van der Waals surface area contributed by atoms with Crippen molar-refractivity contribution in [2.45, 2.75) is 52.1 Å². The van der Waals surface area contributed by atoms with Crippen LogP contribution in [0.15, 0.2) is 29.8 Å². The molecule has 0 amide bonds. The maximum atomic E-state index is 13.9. The molecule has 3 heteroatoms. The van der Waals surface area contributed by atoms with Gasteiger partial charge in [-0.2, -0.15) is 0 Å². The van der Waals surface area contributed by atoms with Crippen molar-refractivity contribution in [1.29, 1.82) is 0 Å². The van der Waals surface area contributed by atoms with Crippen molar-refractivity contribution in [3.8, 4) is 5.75 Å². The number of ether oxygens (including phenoxy) is 2. The Balaban J connectivity index is 1.94. The van der Waals surface area contributed by atoms with E-state index < -0.39 is 0 Å². The lowest BCUT2D eigenvalue weighted by atomic mass is 9.99. The summed E-state index contributed by atoms with van der Waals surface area (Å²) >= 11 is 0. The first kappa shape index (κ1) is 16.0. The molecule has 1 aromatic carbocycles. The minimum Gasteiger partial charge on any atom is -0.491 e. The van der Waals surface area contributed by atoms with Gasteiger partial charge in [-0.05, 0) is 49.5 Å². The van der Waals surface area contributed by atoms with E-state index in [9.17, 15) is 4.39 Å². The van der Waals surface area contributed by atoms with Crippen LogP contribution < -0.4 is 4.74 Å². The quantitative estimate of drug-likeness (QED) is 0.508. The van der Waals surface area contributed by atoms with Gasteiger partial charge in [0.1, 0.15) is 0 Å². The normalized spacial score (nSPS) is 18.4. The zero-order valence-electron chi connectivity index (χ0n) is 13.0. The molecule has 0 aliphatic carbocycles. The smallest absolute Gasteiger partial charge is 0.165 e. The van der Waals surface area contributed by atoms with Gasteiger partial charge < -0.3 is 9.47 Å². The fourth-order valence-corrected chi connectivity index (χ4v) is 2.61. The van der Waals surface area contributed by atoms with E-state index in [4.69, 9.17) is 9.47 Å². The SMILES string of the molecule is CCCCCC1=CCC(c2ccc(OCC)c(F)c2)OC1. The van der Waals surface area contributed by atoms with Gasteiger partial charge in [-0.3, -0.25) is 0 Å². The summed E-state index contributed by atoms with van der Waals surface area (Å²) in [5, 5.41) is 0. The van der Waals surface area contributed by atoms with Crippen molar-refractivity contribution >= 4 is 0 Å². The first-order chi connectivity index (χ1) is 10.2. The first-order valence-electron chi connectivity index (χ1n) is 7.96. The summed E-state index contributed by atoms with van der Waals surface area (Å²) in [7, 11) is 0. The highest BCUT2D eigenvalue weighted by molar-refractivity contribution is 5.31. The highest BCUT2D eigenvalue weighted by atomic mass is 19.1. The van der Waals surface area contributed by atoms with Crippen LogP contribution in [0.1, 0.15) is 57.6 Å². The van der Waals surface area contributed by atoms with Crippen molar-refractivity contribution in [3.05, 3.63) is 41.2 Å². The predicted octanol–water partition coefficient (Wildman–Crippen LogP) is 5.19. The van der Waals surface area contributed by atoms with E-state index in [0.29, 0.717) is 19.0 Å². The third kappa shape index (κ3) is 4.57. The predicted molar refractivity (Wildman–Crippen MR) is 83.1 cm³/mol. The molecule has 21 heavy (non-hydrogen) atoms. The molecule has 0 saturated carbocycles. The molecule has 0 saturated heterocycles. The third-order valence-electron chi connectivity index (χ3n) is 3.82. The topological polar surface area (TPSA) is 18.5 Å². The van der Waals surface area contributed by atoms with Crippen LogP contribution >= 0.6 is 0 Å². The summed E-state index contributed by atoms with van der Waals surface area (Å²) in [5.41, 5.74) is 2.27. The van der Waals surface area contributed by atoms with Crippen LogP contribution in [0.4, 0.5) is 4.39 Å². The molecule has 0 aromatic heterocycles. The average molecular weight is 292 g/mol. The fourth-order valence-electron chi connectivity index (χ4n) is 2.61. The van der Waals surface area contributed by atoms with Gasteiger partial charge in [-0.1, -0.05) is 31.9 Å². The van der Waals surface area contributed by atoms with Crippen LogP contribution in [-0.4, -0.2) is 13.2 Å². The Morgan fingerprint density at radius 2 is 2.14 bits per heavy atom. The van der Waals surface area contributed by atoms with Crippen molar-refractivity contribution in [3.63, 3.8) is 0 Å². The van der Waals surface area contributed by atoms with Crippen molar-refractivity contribution in [1.82, 2.24) is 0 Å². The second-order valence-electron chi connectivity index (χ2n) is 5.48. The molecule has 0 spiro atoms. The van der Waals surface area contributed by atoms with Gasteiger partial charge in [0.15, 0.2) is 11.6 Å². The maximum absolute atomic E-state index is 13.9. The molecule has 1 atom stereocenters. The number of halogens is 1. The van der Waals surface area contributed by atoms with E-state index in [1.54, 1.807) is 6.07 Å². The Morgan fingerprint density at radius 1 is 1.29 bits per heavy atom. The molecule has 1 aromatic rings. The molecule has 0 fully saturated rings. The van der Waals surface area contributed by atoms with E-state index in [0.717, 1.165) is 18.4 Å². The van der Waals surface area contributed by atoms with Crippen LogP contribution in [0.5, 0.6) is 5.75 Å². The number of rotatable bonds is 7. The van der Waals surface area contributed by atoms with Gasteiger partial charge in [0.2, 0.25) is 0 Å². The molecule has 0 N–H and O–H groups in total. The average Bonchev–Trinajstić information content (AvgIpc) is 2.50. The molecule has 2 nitrogen and oxygen atoms in total. The number of hydrogen-bond donors (Lipinski definition) is 0. The van der Waals surface area contributed by atoms with E-state index in [1.165, 1.54) is 30.9 Å². The van der Waals surface area contributed by atoms with Gasteiger partial charge in [0.25, 0.3) is 0 Å². The number of unbranched alkanes of at least 4 members (excludes halogenated alkanes) is 2. The summed E-state index contributed by atoms with van der Waals surface area (Å²) in [4.78, 5) is 0. The van der Waals surface area contributed by atoms with Crippen molar-refractivity contribution in [2.75, 3.05) is 13.2 Å². The summed E-state index contributed by atoms with van der Waals surface area (Å²) in [6.45, 7) is 5.20. The van der Waals surface area contributed by atoms with Gasteiger partial charge >= 0.3 is 0 Å². The summed E-state index contributed by atoms with van der Waals surface area (Å²) in [5.74, 6) is 0.00327. The monoisotopic (exact) mass is 292 g/mol. The Hall–Kier alpha value is -1.35. The fraction of sp³-hybridized carbons (Fsp3) is 0.556. The standard InChI is InChI=1S/C18H25FO2/c1-3-5-6-7-14-8-10-17(21-13-14)15-9-11-18(20-4-2)16(19)12-15/h8-9,11-12,17H,3-7,10,13H2,1-2H3. The zero-order chi connectivity index (χ0) is 15.1. The molecule has 0 radical (unpaired) electrons. The molecule has 1 aliphatic heterocycles. The molecule has 1 unspecified atom stereocenters. The van der Waals surface area contributed by atoms with E-state index >= 15 is 0 Å². The third-order valence-corrected chi connectivity index (χ3v) is 3.82. The number of hydrogen-bond acceptors (Lipinski definition) is 2. The van der Waals surface area contributed by atoms with Crippen molar-refractivity contribution < 1.29 is 13.9 Å². The summed E-state index contributed by atoms with van der Waals surface area (Å²) < 4.78 is 25.0. The Labute approximate surface area is 127 Å². The lowest BCUT2D eigenvalue weighted by molar-refractivity contribution is 0.0595. The van der Waals surface area contributed by atoms with Gasteiger partial charge in [-0.25, -0.2) is 4.39 Å². The number of benzene rings is 1. The summed E-state index contributed by atoms with van der Waals surface area (Å²) in [6, 6.07) is 5.12. The summed E-state index contributed by atoms with van der Waals surface area (Å²) in [6.07, 6.45) is 7.91. The Kier molecular flexibility index (Phi) is 6.24. The molecule has 1 aliphatic rings. The van der Waals surface area contributed by atoms with Gasteiger partial charge in [0, 0.05) is 0 Å². The second kappa shape index (κ2) is 8.18. The molecular formula is C18H25FO2. The molecule has 1 heterocycles. The Morgan fingerprint density at radius 3 is 2.76 bits per heavy atom. The van der Waals surface area contributed by atoms with Crippen LogP contribution in [0.3, 0.4) is 0 Å². The lowest BCUT2D eigenvalue weighted by Crippen LogP contribution is -2.12. The minimum absolute atomic E-state index is 0.0369. The largest absolute Gasteiger partial charge is 0.491 e. The van der Waals surface area contributed by atoms with Crippen LogP contribution in [0, 0.1) is 5.82 Å². The van der Waals surface area contributed by atoms with Crippen molar-refractivity contribution in [2.24, 2.45) is 0 Å². The zero-order valence-corrected chi connectivity index (χ0v) is 13.0. The minimum atomic E-state index is -0.310. The molecule has 0 bridgehead atoms. The molecule has 116 valence electrons. The second-order valence-corrected chi connectivity index (χ2v) is 5.48. The highest BCUT2D eigenvalue weighted by Gasteiger charge is 2.18. The Bertz CT molecular complexity index is 482. The first-order valence-corrected chi connectivity index (χ1v) is 7.96. The lowest BCUT2D eigenvalue weighted by Gasteiger charge is -2.23. The molecular weight excluding hydrogens is 267 g/mol. The van der Waals surface area contributed by atoms with Crippen LogP contribution in [0.25, 0.3) is 0 Å². The van der Waals surface area contributed by atoms with E-state index in [1.807, 2.05) is 13.0 Å².